The Bertz CT molecular complexity index is 1360. The number of aromatic nitrogens is 8. The van der Waals surface area contributed by atoms with Crippen LogP contribution in [0.25, 0.3) is 22.0 Å². The van der Waals surface area contributed by atoms with Crippen LogP contribution >= 0.6 is 11.3 Å². The molecule has 4 aromatic heterocycles. The maximum atomic E-state index is 13.1. The number of tetrazole rings is 1. The summed E-state index contributed by atoms with van der Waals surface area (Å²) in [7, 11) is 0. The molecule has 1 amide bonds. The maximum absolute atomic E-state index is 13.1. The van der Waals surface area contributed by atoms with Crippen LogP contribution in [0.5, 0.6) is 0 Å². The summed E-state index contributed by atoms with van der Waals surface area (Å²) in [5.41, 5.74) is 3.37. The van der Waals surface area contributed by atoms with Crippen LogP contribution in [0.1, 0.15) is 62.1 Å². The molecule has 0 bridgehead atoms. The third kappa shape index (κ3) is 4.29. The lowest BCUT2D eigenvalue weighted by atomic mass is 10.1. The minimum atomic E-state index is -0.311. The van der Waals surface area contributed by atoms with Crippen LogP contribution in [0, 0.1) is 0 Å². The molecule has 1 saturated carbocycles. The SMILES string of the molecule is CC(C)n1nnnc1-c1nc(NC(=O)c2cc(-c3cnn(C4CC4)c3)c(N3CCCC3)cn2)cs1. The zero-order valence-electron chi connectivity index (χ0n) is 19.6. The number of hydrogen-bond acceptors (Lipinski definition) is 9. The van der Waals surface area contributed by atoms with Crippen molar-refractivity contribution >= 4 is 28.7 Å². The van der Waals surface area contributed by atoms with E-state index in [0.717, 1.165) is 42.7 Å². The topological polar surface area (TPSA) is 120 Å². The minimum Gasteiger partial charge on any atom is -0.370 e. The summed E-state index contributed by atoms with van der Waals surface area (Å²) in [6, 6.07) is 2.46. The number of pyridine rings is 1. The van der Waals surface area contributed by atoms with Crippen molar-refractivity contribution in [3.8, 4) is 22.0 Å². The molecule has 1 aliphatic heterocycles. The molecular weight excluding hydrogens is 464 g/mol. The summed E-state index contributed by atoms with van der Waals surface area (Å²) in [5, 5.41) is 21.7. The van der Waals surface area contributed by atoms with Gasteiger partial charge in [0.15, 0.2) is 5.01 Å². The van der Waals surface area contributed by atoms with Gasteiger partial charge in [-0.1, -0.05) is 0 Å². The van der Waals surface area contributed by atoms with E-state index >= 15 is 0 Å². The van der Waals surface area contributed by atoms with E-state index in [1.807, 2.05) is 37.0 Å². The molecule has 0 radical (unpaired) electrons. The van der Waals surface area contributed by atoms with E-state index in [-0.39, 0.29) is 11.9 Å². The van der Waals surface area contributed by atoms with Gasteiger partial charge in [-0.15, -0.1) is 16.4 Å². The molecule has 11 nitrogen and oxygen atoms in total. The van der Waals surface area contributed by atoms with Gasteiger partial charge in [0.05, 0.1) is 30.2 Å². The van der Waals surface area contributed by atoms with Crippen LogP contribution in [-0.2, 0) is 0 Å². The molecule has 1 aliphatic carbocycles. The molecule has 180 valence electrons. The Kier molecular flexibility index (Phi) is 5.51. The van der Waals surface area contributed by atoms with E-state index in [0.29, 0.717) is 28.4 Å². The molecule has 0 spiro atoms. The normalized spacial score (nSPS) is 15.8. The first-order chi connectivity index (χ1) is 17.1. The van der Waals surface area contributed by atoms with E-state index < -0.39 is 0 Å². The molecule has 1 N–H and O–H groups in total. The van der Waals surface area contributed by atoms with Crippen LogP contribution in [0.2, 0.25) is 0 Å². The fourth-order valence-corrected chi connectivity index (χ4v) is 5.05. The molecule has 0 unspecified atom stereocenters. The molecule has 5 heterocycles. The number of amides is 1. The van der Waals surface area contributed by atoms with Gasteiger partial charge in [0.1, 0.15) is 11.5 Å². The first kappa shape index (κ1) is 21.8. The lowest BCUT2D eigenvalue weighted by Gasteiger charge is -2.21. The molecule has 0 atom stereocenters. The number of nitrogens with zero attached hydrogens (tertiary/aromatic N) is 9. The Balaban J connectivity index is 1.27. The maximum Gasteiger partial charge on any atom is 0.275 e. The largest absolute Gasteiger partial charge is 0.370 e. The number of hydrogen-bond donors (Lipinski definition) is 1. The third-order valence-electron chi connectivity index (χ3n) is 6.31. The Morgan fingerprint density at radius 3 is 2.80 bits per heavy atom. The van der Waals surface area contributed by atoms with Crippen molar-refractivity contribution in [1.29, 1.82) is 0 Å². The predicted octanol–water partition coefficient (Wildman–Crippen LogP) is 3.82. The van der Waals surface area contributed by atoms with Gasteiger partial charge in [0.25, 0.3) is 5.91 Å². The lowest BCUT2D eigenvalue weighted by molar-refractivity contribution is 0.102. The first-order valence-corrected chi connectivity index (χ1v) is 12.8. The van der Waals surface area contributed by atoms with Gasteiger partial charge in [-0.3, -0.25) is 9.48 Å². The van der Waals surface area contributed by atoms with Crippen molar-refractivity contribution < 1.29 is 4.79 Å². The fraction of sp³-hybridized carbons (Fsp3) is 0.435. The van der Waals surface area contributed by atoms with E-state index in [1.54, 1.807) is 10.1 Å². The van der Waals surface area contributed by atoms with Crippen molar-refractivity contribution in [2.24, 2.45) is 0 Å². The summed E-state index contributed by atoms with van der Waals surface area (Å²) < 4.78 is 3.74. The summed E-state index contributed by atoms with van der Waals surface area (Å²) in [6.07, 6.45) is 10.4. The van der Waals surface area contributed by atoms with Crippen molar-refractivity contribution in [3.63, 3.8) is 0 Å². The summed E-state index contributed by atoms with van der Waals surface area (Å²) >= 11 is 1.38. The van der Waals surface area contributed by atoms with Gasteiger partial charge in [0.2, 0.25) is 5.82 Å². The van der Waals surface area contributed by atoms with Crippen LogP contribution in [-0.4, -0.2) is 59.0 Å². The highest BCUT2D eigenvalue weighted by atomic mass is 32.1. The molecule has 1 saturated heterocycles. The molecule has 4 aromatic rings. The van der Waals surface area contributed by atoms with Crippen molar-refractivity contribution in [2.45, 2.75) is 51.6 Å². The second kappa shape index (κ2) is 8.84. The standard InChI is InChI=1S/C23H26N10OS/c1-14(2)33-21(28-29-30-33)23-27-20(13-35-23)26-22(34)18-9-17(15-10-25-32(12-15)16-5-6-16)19(11-24-18)31-7-3-4-8-31/h9-14,16H,3-8H2,1-2H3,(H,26,34). The quantitative estimate of drug-likeness (QED) is 0.415. The summed E-state index contributed by atoms with van der Waals surface area (Å²) in [6.45, 7) is 5.99. The highest BCUT2D eigenvalue weighted by Crippen LogP contribution is 2.37. The molecule has 6 rings (SSSR count). The third-order valence-corrected chi connectivity index (χ3v) is 7.15. The summed E-state index contributed by atoms with van der Waals surface area (Å²) in [4.78, 5) is 24.5. The van der Waals surface area contributed by atoms with E-state index in [1.165, 1.54) is 24.2 Å². The molecule has 2 fully saturated rings. The van der Waals surface area contributed by atoms with Crippen LogP contribution in [0.3, 0.4) is 0 Å². The second-order valence-corrected chi connectivity index (χ2v) is 10.1. The highest BCUT2D eigenvalue weighted by molar-refractivity contribution is 7.13. The average Bonchev–Trinajstić information content (AvgIpc) is 3.37. The second-order valence-electron chi connectivity index (χ2n) is 9.25. The van der Waals surface area contributed by atoms with E-state index in [4.69, 9.17) is 0 Å². The Labute approximate surface area is 206 Å². The number of thiazole rings is 1. The van der Waals surface area contributed by atoms with Crippen molar-refractivity contribution in [1.82, 2.24) is 40.0 Å². The molecule has 12 heteroatoms. The number of carbonyl (C=O) groups is 1. The van der Waals surface area contributed by atoms with Crippen LogP contribution in [0.4, 0.5) is 11.5 Å². The summed E-state index contributed by atoms with van der Waals surface area (Å²) in [5.74, 6) is 0.712. The van der Waals surface area contributed by atoms with Gasteiger partial charge in [-0.2, -0.15) is 5.10 Å². The minimum absolute atomic E-state index is 0.1000. The molecular formula is C23H26N10OS. The molecule has 0 aromatic carbocycles. The first-order valence-electron chi connectivity index (χ1n) is 11.9. The average molecular weight is 491 g/mol. The number of anilines is 2. The Hall–Kier alpha value is -3.67. The molecule has 2 aliphatic rings. The number of rotatable bonds is 7. The zero-order valence-corrected chi connectivity index (χ0v) is 20.4. The lowest BCUT2D eigenvalue weighted by Crippen LogP contribution is -2.20. The van der Waals surface area contributed by atoms with Gasteiger partial charge in [-0.05, 0) is 56.0 Å². The van der Waals surface area contributed by atoms with Crippen LogP contribution in [0.15, 0.2) is 30.0 Å². The van der Waals surface area contributed by atoms with Gasteiger partial charge in [0, 0.05) is 35.8 Å². The van der Waals surface area contributed by atoms with Gasteiger partial charge >= 0.3 is 0 Å². The van der Waals surface area contributed by atoms with Gasteiger partial charge in [-0.25, -0.2) is 14.6 Å². The number of nitrogens with one attached hydrogen (secondary N) is 1. The molecule has 35 heavy (non-hydrogen) atoms. The monoisotopic (exact) mass is 490 g/mol. The Morgan fingerprint density at radius 2 is 2.03 bits per heavy atom. The highest BCUT2D eigenvalue weighted by Gasteiger charge is 2.26. The predicted molar refractivity (Wildman–Crippen MR) is 132 cm³/mol. The fourth-order valence-electron chi connectivity index (χ4n) is 4.33. The smallest absolute Gasteiger partial charge is 0.275 e. The zero-order chi connectivity index (χ0) is 23.9. The van der Waals surface area contributed by atoms with Crippen LogP contribution < -0.4 is 10.2 Å². The van der Waals surface area contributed by atoms with E-state index in [2.05, 4.69) is 47.0 Å². The van der Waals surface area contributed by atoms with Gasteiger partial charge < -0.3 is 10.2 Å². The number of carbonyl (C=O) groups excluding carboxylic acids is 1. The van der Waals surface area contributed by atoms with E-state index in [9.17, 15) is 4.79 Å². The Morgan fingerprint density at radius 1 is 1.20 bits per heavy atom. The van der Waals surface area contributed by atoms with Crippen molar-refractivity contribution in [3.05, 3.63) is 35.7 Å². The van der Waals surface area contributed by atoms with Crippen molar-refractivity contribution in [2.75, 3.05) is 23.3 Å².